The molecule has 1 fully saturated rings. The minimum Gasteiger partial charge on any atom is -0.508 e. The molecule has 1 saturated carbocycles. The van der Waals surface area contributed by atoms with E-state index in [0.717, 1.165) is 47.0 Å². The molecule has 3 aromatic rings. The van der Waals surface area contributed by atoms with Gasteiger partial charge >= 0.3 is 0 Å². The van der Waals surface area contributed by atoms with Gasteiger partial charge in [-0.05, 0) is 66.4 Å². The Labute approximate surface area is 227 Å². The van der Waals surface area contributed by atoms with Gasteiger partial charge < -0.3 is 24.6 Å². The van der Waals surface area contributed by atoms with E-state index in [9.17, 15) is 9.90 Å². The number of ether oxygens (including phenoxy) is 3. The normalized spacial score (nSPS) is 15.1. The van der Waals surface area contributed by atoms with Crippen LogP contribution in [0.15, 0.2) is 65.1 Å². The summed E-state index contributed by atoms with van der Waals surface area (Å²) in [6, 6.07) is 19.0. The summed E-state index contributed by atoms with van der Waals surface area (Å²) >= 11 is 3.51. The van der Waals surface area contributed by atoms with Gasteiger partial charge in [0.05, 0.1) is 21.3 Å². The third-order valence-electron chi connectivity index (χ3n) is 7.45. The Morgan fingerprint density at radius 3 is 2.30 bits per heavy atom. The average molecular weight is 569 g/mol. The molecule has 0 bridgehead atoms. The summed E-state index contributed by atoms with van der Waals surface area (Å²) in [6.45, 7) is 0.543. The molecule has 0 spiro atoms. The van der Waals surface area contributed by atoms with E-state index in [4.69, 9.17) is 14.2 Å². The van der Waals surface area contributed by atoms with Gasteiger partial charge in [-0.1, -0.05) is 47.0 Å². The molecule has 0 aromatic heterocycles. The van der Waals surface area contributed by atoms with Crippen molar-refractivity contribution in [3.8, 4) is 23.0 Å². The number of amides is 1. The number of methoxy groups -OCH3 is 3. The van der Waals surface area contributed by atoms with Crippen molar-refractivity contribution in [1.82, 2.24) is 5.32 Å². The standard InChI is InChI=1S/C30H34BrNO5/c1-35-23-10-6-20(7-11-23)24(25-17-22(31)9-12-26(25)33)18-29(34)32-19-30(14-4-5-15-30)21-8-13-27(36-2)28(16-21)37-3/h6-13,16-17,24,33H,4-5,14-15,18-19H2,1-3H3,(H,32,34). The molecule has 0 saturated heterocycles. The Hall–Kier alpha value is -3.19. The molecule has 1 amide bonds. The quantitative estimate of drug-likeness (QED) is 0.299. The summed E-state index contributed by atoms with van der Waals surface area (Å²) in [7, 11) is 4.89. The molecule has 4 rings (SSSR count). The zero-order chi connectivity index (χ0) is 26.4. The van der Waals surface area contributed by atoms with Crippen molar-refractivity contribution < 1.29 is 24.1 Å². The molecule has 0 radical (unpaired) electrons. The van der Waals surface area contributed by atoms with E-state index in [0.29, 0.717) is 23.6 Å². The highest BCUT2D eigenvalue weighted by Crippen LogP contribution is 2.43. The Bertz CT molecular complexity index is 1220. The van der Waals surface area contributed by atoms with Crippen molar-refractivity contribution in [3.63, 3.8) is 0 Å². The summed E-state index contributed by atoms with van der Waals surface area (Å²) in [4.78, 5) is 13.4. The lowest BCUT2D eigenvalue weighted by molar-refractivity contribution is -0.121. The fourth-order valence-electron chi connectivity index (χ4n) is 5.36. The summed E-state index contributed by atoms with van der Waals surface area (Å²) in [5.74, 6) is 1.91. The fraction of sp³-hybridized carbons (Fsp3) is 0.367. The molecule has 6 nitrogen and oxygen atoms in total. The van der Waals surface area contributed by atoms with Crippen LogP contribution in [0.5, 0.6) is 23.0 Å². The van der Waals surface area contributed by atoms with E-state index in [1.165, 1.54) is 0 Å². The molecule has 196 valence electrons. The highest BCUT2D eigenvalue weighted by Gasteiger charge is 2.37. The maximum atomic E-state index is 13.4. The predicted octanol–water partition coefficient (Wildman–Crippen LogP) is 6.33. The van der Waals surface area contributed by atoms with Crippen LogP contribution in [0.25, 0.3) is 0 Å². The van der Waals surface area contributed by atoms with Gasteiger partial charge in [-0.3, -0.25) is 4.79 Å². The Balaban J connectivity index is 1.56. The van der Waals surface area contributed by atoms with Crippen molar-refractivity contribution in [3.05, 3.63) is 81.8 Å². The van der Waals surface area contributed by atoms with Crippen LogP contribution in [0.4, 0.5) is 0 Å². The van der Waals surface area contributed by atoms with Crippen molar-refractivity contribution in [2.45, 2.75) is 43.4 Å². The predicted molar refractivity (Wildman–Crippen MR) is 148 cm³/mol. The fourth-order valence-corrected chi connectivity index (χ4v) is 5.74. The van der Waals surface area contributed by atoms with Gasteiger partial charge in [-0.15, -0.1) is 0 Å². The van der Waals surface area contributed by atoms with Gasteiger partial charge in [0.1, 0.15) is 11.5 Å². The number of phenolic OH excluding ortho intramolecular Hbond substituents is 1. The molecule has 3 aromatic carbocycles. The lowest BCUT2D eigenvalue weighted by atomic mass is 9.78. The second-order valence-corrected chi connectivity index (χ2v) is 10.5. The van der Waals surface area contributed by atoms with Crippen molar-refractivity contribution in [2.75, 3.05) is 27.9 Å². The summed E-state index contributed by atoms with van der Waals surface area (Å²) in [6.07, 6.45) is 4.43. The minimum absolute atomic E-state index is 0.0630. The van der Waals surface area contributed by atoms with Gasteiger partial charge in [0, 0.05) is 34.3 Å². The first kappa shape index (κ1) is 26.9. The van der Waals surface area contributed by atoms with Gasteiger partial charge in [0.2, 0.25) is 5.91 Å². The lowest BCUT2D eigenvalue weighted by Gasteiger charge is -2.31. The number of rotatable bonds is 10. The van der Waals surface area contributed by atoms with Crippen LogP contribution in [0, 0.1) is 0 Å². The zero-order valence-electron chi connectivity index (χ0n) is 21.6. The smallest absolute Gasteiger partial charge is 0.220 e. The maximum absolute atomic E-state index is 13.4. The van der Waals surface area contributed by atoms with Crippen LogP contribution >= 0.6 is 15.9 Å². The molecule has 0 heterocycles. The number of carbonyl (C=O) groups is 1. The molecular formula is C30H34BrNO5. The molecule has 1 aliphatic rings. The van der Waals surface area contributed by atoms with Gasteiger partial charge in [0.15, 0.2) is 11.5 Å². The number of halogens is 1. The molecular weight excluding hydrogens is 534 g/mol. The van der Waals surface area contributed by atoms with Crippen LogP contribution in [0.1, 0.15) is 54.7 Å². The average Bonchev–Trinajstić information content (AvgIpc) is 3.42. The number of hydrogen-bond acceptors (Lipinski definition) is 5. The first-order valence-electron chi connectivity index (χ1n) is 12.5. The van der Waals surface area contributed by atoms with Crippen molar-refractivity contribution in [1.29, 1.82) is 0 Å². The van der Waals surface area contributed by atoms with Gasteiger partial charge in [-0.25, -0.2) is 0 Å². The Kier molecular flexibility index (Phi) is 8.64. The highest BCUT2D eigenvalue weighted by atomic mass is 79.9. The highest BCUT2D eigenvalue weighted by molar-refractivity contribution is 9.10. The molecule has 1 aliphatic carbocycles. The monoisotopic (exact) mass is 567 g/mol. The summed E-state index contributed by atoms with van der Waals surface area (Å²) < 4.78 is 17.1. The molecule has 1 atom stereocenters. The Morgan fingerprint density at radius 2 is 1.65 bits per heavy atom. The van der Waals surface area contributed by atoms with E-state index in [-0.39, 0.29) is 29.4 Å². The SMILES string of the molecule is COc1ccc(C(CC(=O)NCC2(c3ccc(OC)c(OC)c3)CCCC2)c2cc(Br)ccc2O)cc1. The van der Waals surface area contributed by atoms with Gasteiger partial charge in [-0.2, -0.15) is 0 Å². The number of carbonyl (C=O) groups excluding carboxylic acids is 1. The third kappa shape index (κ3) is 6.04. The van der Waals surface area contributed by atoms with Crippen molar-refractivity contribution in [2.24, 2.45) is 0 Å². The molecule has 0 aliphatic heterocycles. The maximum Gasteiger partial charge on any atom is 0.220 e. The van der Waals surface area contributed by atoms with E-state index in [1.807, 2.05) is 42.5 Å². The first-order chi connectivity index (χ1) is 17.9. The lowest BCUT2D eigenvalue weighted by Crippen LogP contribution is -2.39. The van der Waals surface area contributed by atoms with E-state index < -0.39 is 0 Å². The van der Waals surface area contributed by atoms with Crippen LogP contribution in [0.2, 0.25) is 0 Å². The second kappa shape index (κ2) is 11.9. The van der Waals surface area contributed by atoms with Crippen molar-refractivity contribution >= 4 is 21.8 Å². The molecule has 7 heteroatoms. The van der Waals surface area contributed by atoms with Crippen LogP contribution < -0.4 is 19.5 Å². The van der Waals surface area contributed by atoms with Crippen LogP contribution in [-0.2, 0) is 10.2 Å². The van der Waals surface area contributed by atoms with Crippen LogP contribution in [0.3, 0.4) is 0 Å². The third-order valence-corrected chi connectivity index (χ3v) is 7.95. The van der Waals surface area contributed by atoms with E-state index in [1.54, 1.807) is 33.5 Å². The zero-order valence-corrected chi connectivity index (χ0v) is 23.1. The minimum atomic E-state index is -0.316. The number of nitrogens with one attached hydrogen (secondary N) is 1. The molecule has 37 heavy (non-hydrogen) atoms. The van der Waals surface area contributed by atoms with E-state index >= 15 is 0 Å². The summed E-state index contributed by atoms with van der Waals surface area (Å²) in [5.41, 5.74) is 2.63. The topological polar surface area (TPSA) is 77.0 Å². The number of benzene rings is 3. The van der Waals surface area contributed by atoms with Crippen LogP contribution in [-0.4, -0.2) is 38.9 Å². The number of hydrogen-bond donors (Lipinski definition) is 2. The first-order valence-corrected chi connectivity index (χ1v) is 13.3. The van der Waals surface area contributed by atoms with Gasteiger partial charge in [0.25, 0.3) is 0 Å². The van der Waals surface area contributed by atoms with E-state index in [2.05, 4.69) is 27.3 Å². The largest absolute Gasteiger partial charge is 0.508 e. The summed E-state index contributed by atoms with van der Waals surface area (Å²) in [5, 5.41) is 13.9. The number of aromatic hydroxyl groups is 1. The second-order valence-electron chi connectivity index (χ2n) is 9.57. The molecule has 2 N–H and O–H groups in total. The molecule has 1 unspecified atom stereocenters. The Morgan fingerprint density at radius 1 is 0.946 bits per heavy atom. The number of phenols is 1.